The van der Waals surface area contributed by atoms with Crippen LogP contribution in [0.4, 0.5) is 5.88 Å². The second-order valence-electron chi connectivity index (χ2n) is 8.58. The van der Waals surface area contributed by atoms with E-state index in [2.05, 4.69) is 10.2 Å². The molecule has 41 heavy (non-hydrogen) atoms. The Balaban J connectivity index is 1.44. The molecule has 220 valence electrons. The minimum absolute atomic E-state index is 0.00575. The van der Waals surface area contributed by atoms with Gasteiger partial charge >= 0.3 is 25.3 Å². The molecule has 1 aliphatic heterocycles. The number of ether oxygens (including phenoxy) is 2. The van der Waals surface area contributed by atoms with E-state index in [0.717, 1.165) is 12.3 Å². The van der Waals surface area contributed by atoms with E-state index in [1.54, 1.807) is 18.2 Å². The van der Waals surface area contributed by atoms with E-state index in [9.17, 15) is 39.3 Å². The number of carbonyl (C=O) groups is 1. The third kappa shape index (κ3) is 7.31. The summed E-state index contributed by atoms with van der Waals surface area (Å²) in [6.45, 7) is 0.164. The van der Waals surface area contributed by atoms with Gasteiger partial charge in [0, 0.05) is 0 Å². The molecule has 0 radical (unpaired) electrons. The van der Waals surface area contributed by atoms with Gasteiger partial charge in [0.15, 0.2) is 6.23 Å². The molecule has 3 unspecified atom stereocenters. The number of esters is 1. The smallest absolute Gasteiger partial charge is 0.456 e. The molecule has 18 nitrogen and oxygen atoms in total. The largest absolute Gasteiger partial charge is 0.459 e. The average molecular weight is 597 g/mol. The number of aromatic nitrogens is 3. The quantitative estimate of drug-likeness (QED) is 0.0927. The average Bonchev–Trinajstić information content (AvgIpc) is 3.52. The van der Waals surface area contributed by atoms with Gasteiger partial charge in [0.25, 0.3) is 5.56 Å². The summed E-state index contributed by atoms with van der Waals surface area (Å²) in [6.07, 6.45) is -5.44. The lowest BCUT2D eigenvalue weighted by molar-refractivity contribution is -0.402. The maximum atomic E-state index is 13.7. The van der Waals surface area contributed by atoms with Gasteiger partial charge < -0.3 is 28.6 Å². The summed E-state index contributed by atoms with van der Waals surface area (Å²) in [4.78, 5) is 47.8. The van der Waals surface area contributed by atoms with Crippen LogP contribution in [0.3, 0.4) is 0 Å². The molecule has 4 N–H and O–H groups in total. The molecular formula is C22H24N5O13P. The first-order chi connectivity index (χ1) is 19.5. The summed E-state index contributed by atoms with van der Waals surface area (Å²) in [7, 11) is -4.43. The van der Waals surface area contributed by atoms with Gasteiger partial charge in [-0.05, 0) is 25.1 Å². The van der Waals surface area contributed by atoms with Crippen molar-refractivity contribution < 1.29 is 47.4 Å². The number of nitro groups is 1. The van der Waals surface area contributed by atoms with E-state index in [1.165, 1.54) is 25.1 Å². The van der Waals surface area contributed by atoms with Gasteiger partial charge in [-0.3, -0.25) is 29.2 Å². The Hall–Kier alpha value is -4.19. The minimum Gasteiger partial charge on any atom is -0.456 e. The topological polar surface area (TPSA) is 248 Å². The van der Waals surface area contributed by atoms with E-state index in [4.69, 9.17) is 22.9 Å². The molecule has 4 rings (SSSR count). The Morgan fingerprint density at radius 2 is 1.98 bits per heavy atom. The van der Waals surface area contributed by atoms with Crippen LogP contribution in [-0.4, -0.2) is 66.8 Å². The molecule has 1 saturated heterocycles. The van der Waals surface area contributed by atoms with Crippen LogP contribution in [0, 0.1) is 10.1 Å². The molecule has 1 fully saturated rings. The fourth-order valence-electron chi connectivity index (χ4n) is 3.59. The number of furan rings is 1. The number of nitrogens with zero attached hydrogens (tertiary/aromatic N) is 3. The van der Waals surface area contributed by atoms with Gasteiger partial charge in [0.1, 0.15) is 53.6 Å². The predicted octanol–water partition coefficient (Wildman–Crippen LogP) is -0.0228. The van der Waals surface area contributed by atoms with Crippen LogP contribution < -0.4 is 20.9 Å². The van der Waals surface area contributed by atoms with E-state index in [0.29, 0.717) is 4.68 Å². The molecule has 6 atom stereocenters. The van der Waals surface area contributed by atoms with Crippen molar-refractivity contribution in [3.63, 3.8) is 0 Å². The number of aromatic amines is 1. The molecule has 3 aromatic rings. The first kappa shape index (κ1) is 29.8. The third-order valence-corrected chi connectivity index (χ3v) is 7.23. The SMILES string of the molecule is C[C@H](NP(=O)(OC[C@H]1O[C@@H](n2ncc(=O)[nH]c2=O)C(O)C1O)Oc1ccccc1)C(=O)OCc1ccc([N+](=O)[O-])o1. The zero-order valence-electron chi connectivity index (χ0n) is 21.1. The van der Waals surface area contributed by atoms with Crippen LogP contribution in [0.1, 0.15) is 18.9 Å². The molecule has 19 heteroatoms. The van der Waals surface area contributed by atoms with Crippen molar-refractivity contribution in [3.8, 4) is 5.75 Å². The number of aliphatic hydroxyl groups excluding tert-OH is 2. The van der Waals surface area contributed by atoms with Crippen molar-refractivity contribution in [2.24, 2.45) is 0 Å². The lowest BCUT2D eigenvalue weighted by atomic mass is 10.1. The molecular weight excluding hydrogens is 573 g/mol. The molecule has 2 aromatic heterocycles. The van der Waals surface area contributed by atoms with Gasteiger partial charge in [0.05, 0.1) is 12.7 Å². The Bertz CT molecular complexity index is 1540. The highest BCUT2D eigenvalue weighted by atomic mass is 31.2. The van der Waals surface area contributed by atoms with Crippen molar-refractivity contribution in [2.45, 2.75) is 44.1 Å². The van der Waals surface area contributed by atoms with Crippen molar-refractivity contribution in [1.82, 2.24) is 19.9 Å². The highest BCUT2D eigenvalue weighted by molar-refractivity contribution is 7.52. The van der Waals surface area contributed by atoms with Crippen LogP contribution in [0.15, 0.2) is 62.7 Å². The van der Waals surface area contributed by atoms with Gasteiger partial charge in [0.2, 0.25) is 0 Å². The summed E-state index contributed by atoms with van der Waals surface area (Å²) in [5.74, 6) is -1.41. The third-order valence-electron chi connectivity index (χ3n) is 5.58. The van der Waals surface area contributed by atoms with Crippen molar-refractivity contribution in [3.05, 3.63) is 85.4 Å². The number of hydrogen-bond donors (Lipinski definition) is 4. The second-order valence-corrected chi connectivity index (χ2v) is 10.3. The van der Waals surface area contributed by atoms with E-state index >= 15 is 0 Å². The summed E-state index contributed by atoms with van der Waals surface area (Å²) in [5, 5.41) is 37.6. The molecule has 1 aromatic carbocycles. The van der Waals surface area contributed by atoms with E-state index in [-0.39, 0.29) is 11.5 Å². The van der Waals surface area contributed by atoms with Gasteiger partial charge in [-0.2, -0.15) is 14.9 Å². The number of para-hydroxylation sites is 1. The number of aliphatic hydroxyl groups is 2. The normalized spacial score (nSPS) is 22.5. The highest BCUT2D eigenvalue weighted by Crippen LogP contribution is 2.46. The van der Waals surface area contributed by atoms with E-state index in [1.807, 2.05) is 4.98 Å². The van der Waals surface area contributed by atoms with Gasteiger partial charge in [-0.25, -0.2) is 9.36 Å². The zero-order chi connectivity index (χ0) is 29.7. The van der Waals surface area contributed by atoms with Crippen LogP contribution >= 0.6 is 7.75 Å². The molecule has 1 aliphatic rings. The Morgan fingerprint density at radius 3 is 2.63 bits per heavy atom. The van der Waals surface area contributed by atoms with Crippen LogP contribution in [-0.2, 0) is 30.0 Å². The number of nitrogens with one attached hydrogen (secondary N) is 2. The van der Waals surface area contributed by atoms with E-state index < -0.39 is 79.6 Å². The monoisotopic (exact) mass is 597 g/mol. The minimum atomic E-state index is -4.43. The summed E-state index contributed by atoms with van der Waals surface area (Å²) in [5.41, 5.74) is -1.80. The second kappa shape index (κ2) is 12.5. The zero-order valence-corrected chi connectivity index (χ0v) is 22.0. The molecule has 0 bridgehead atoms. The van der Waals surface area contributed by atoms with Crippen molar-refractivity contribution in [1.29, 1.82) is 0 Å². The molecule has 3 heterocycles. The number of rotatable bonds is 12. The van der Waals surface area contributed by atoms with Crippen LogP contribution in [0.25, 0.3) is 0 Å². The number of carbonyl (C=O) groups excluding carboxylic acids is 1. The summed E-state index contributed by atoms with van der Waals surface area (Å²) in [6, 6.07) is 8.78. The van der Waals surface area contributed by atoms with Crippen LogP contribution in [0.2, 0.25) is 0 Å². The summed E-state index contributed by atoms with van der Waals surface area (Å²) < 4.78 is 40.7. The maximum Gasteiger partial charge on any atom is 0.459 e. The van der Waals surface area contributed by atoms with Crippen molar-refractivity contribution in [2.75, 3.05) is 6.61 Å². The fraction of sp³-hybridized carbons (Fsp3) is 0.364. The Morgan fingerprint density at radius 1 is 1.24 bits per heavy atom. The van der Waals surface area contributed by atoms with Gasteiger partial charge in [-0.1, -0.05) is 18.2 Å². The lowest BCUT2D eigenvalue weighted by Crippen LogP contribution is -2.39. The fourth-order valence-corrected chi connectivity index (χ4v) is 5.10. The summed E-state index contributed by atoms with van der Waals surface area (Å²) >= 11 is 0. The first-order valence-corrected chi connectivity index (χ1v) is 13.4. The van der Waals surface area contributed by atoms with Crippen molar-refractivity contribution >= 4 is 19.6 Å². The first-order valence-electron chi connectivity index (χ1n) is 11.8. The Kier molecular flexibility index (Phi) is 9.11. The number of hydrogen-bond acceptors (Lipinski definition) is 14. The molecule has 0 spiro atoms. The standard InChI is InChI=1S/C22H24N5O13P/c1-12(21(31)36-10-14-7-8-17(38-14)27(33)34)25-41(35,40-13-5-3-2-4-6-13)37-11-15-18(29)19(30)20(39-15)26-22(32)24-16(28)9-23-26/h2-9,12,15,18-20,29-30H,10-11H2,1H3,(H,25,35)(H,24,28,32)/t12-,15+,18?,19?,20+,41?/m0/s1. The Labute approximate surface area is 229 Å². The molecule has 0 aliphatic carbocycles. The maximum absolute atomic E-state index is 13.7. The molecule has 0 amide bonds. The highest BCUT2D eigenvalue weighted by Gasteiger charge is 2.46. The van der Waals surface area contributed by atoms with Gasteiger partial charge in [-0.15, -0.1) is 0 Å². The number of benzene rings is 1. The predicted molar refractivity (Wildman–Crippen MR) is 133 cm³/mol. The molecule has 0 saturated carbocycles. The van der Waals surface area contributed by atoms with Crippen LogP contribution in [0.5, 0.6) is 5.75 Å². The lowest BCUT2D eigenvalue weighted by Gasteiger charge is -2.24. The number of H-pyrrole nitrogens is 1.